The first kappa shape index (κ1) is 29.1. The predicted octanol–water partition coefficient (Wildman–Crippen LogP) is 4.17. The SMILES string of the molecule is CC(C)N(CC(=O)Nc1nc(CC(=O)N2CCN(C/C=C/c3ccccc3)CC2)cs1)C(=O)c1ccc(F)cc1. The Kier molecular flexibility index (Phi) is 10.2. The summed E-state index contributed by atoms with van der Waals surface area (Å²) in [7, 11) is 0. The van der Waals surface area contributed by atoms with Crippen molar-refractivity contribution < 1.29 is 18.8 Å². The number of carbonyl (C=O) groups is 3. The highest BCUT2D eigenvalue weighted by atomic mass is 32.1. The number of piperazine rings is 1. The molecule has 0 atom stereocenters. The Bertz CT molecular complexity index is 1320. The van der Waals surface area contributed by atoms with Gasteiger partial charge in [0.2, 0.25) is 11.8 Å². The summed E-state index contributed by atoms with van der Waals surface area (Å²) in [4.78, 5) is 48.4. The van der Waals surface area contributed by atoms with Gasteiger partial charge in [0.25, 0.3) is 5.91 Å². The number of amides is 3. The Labute approximate surface area is 238 Å². The number of nitrogens with one attached hydrogen (secondary N) is 1. The molecule has 0 aliphatic carbocycles. The van der Waals surface area contributed by atoms with Gasteiger partial charge in [-0.05, 0) is 43.7 Å². The van der Waals surface area contributed by atoms with Gasteiger partial charge in [-0.15, -0.1) is 11.3 Å². The second-order valence-electron chi connectivity index (χ2n) is 9.90. The van der Waals surface area contributed by atoms with Crippen LogP contribution in [0, 0.1) is 5.82 Å². The molecule has 1 saturated heterocycles. The van der Waals surface area contributed by atoms with Gasteiger partial charge < -0.3 is 15.1 Å². The predicted molar refractivity (Wildman–Crippen MR) is 156 cm³/mol. The summed E-state index contributed by atoms with van der Waals surface area (Å²) in [5, 5.41) is 4.87. The molecule has 0 spiro atoms. The van der Waals surface area contributed by atoms with E-state index in [1.54, 1.807) is 5.38 Å². The smallest absolute Gasteiger partial charge is 0.254 e. The summed E-state index contributed by atoms with van der Waals surface area (Å²) in [6.45, 7) is 7.24. The summed E-state index contributed by atoms with van der Waals surface area (Å²) in [5.41, 5.74) is 2.08. The van der Waals surface area contributed by atoms with Crippen LogP contribution in [0.5, 0.6) is 0 Å². The number of anilines is 1. The quantitative estimate of drug-likeness (QED) is 0.400. The van der Waals surface area contributed by atoms with Crippen molar-refractivity contribution in [2.45, 2.75) is 26.3 Å². The summed E-state index contributed by atoms with van der Waals surface area (Å²) in [5.74, 6) is -1.17. The van der Waals surface area contributed by atoms with E-state index in [1.807, 2.05) is 36.9 Å². The second kappa shape index (κ2) is 14.0. The van der Waals surface area contributed by atoms with Crippen LogP contribution in [0.1, 0.15) is 35.5 Å². The van der Waals surface area contributed by atoms with E-state index in [0.29, 0.717) is 29.5 Å². The number of nitrogens with zero attached hydrogens (tertiary/aromatic N) is 4. The number of rotatable bonds is 10. The van der Waals surface area contributed by atoms with Crippen LogP contribution in [0.25, 0.3) is 6.08 Å². The Hall–Kier alpha value is -3.89. The average molecular weight is 564 g/mol. The fourth-order valence-corrected chi connectivity index (χ4v) is 5.08. The lowest BCUT2D eigenvalue weighted by Gasteiger charge is -2.34. The van der Waals surface area contributed by atoms with Gasteiger partial charge in [-0.25, -0.2) is 9.37 Å². The number of thiazole rings is 1. The van der Waals surface area contributed by atoms with Gasteiger partial charge in [0.1, 0.15) is 12.4 Å². The summed E-state index contributed by atoms with van der Waals surface area (Å²) in [6.07, 6.45) is 4.43. The number of aromatic nitrogens is 1. The first-order valence-electron chi connectivity index (χ1n) is 13.3. The van der Waals surface area contributed by atoms with Crippen molar-refractivity contribution in [2.75, 3.05) is 44.6 Å². The van der Waals surface area contributed by atoms with Gasteiger partial charge in [-0.3, -0.25) is 19.3 Å². The van der Waals surface area contributed by atoms with E-state index >= 15 is 0 Å². The fourth-order valence-electron chi connectivity index (χ4n) is 4.35. The number of hydrogen-bond donors (Lipinski definition) is 1. The molecule has 0 unspecified atom stereocenters. The minimum absolute atomic E-state index is 0.0125. The Balaban J connectivity index is 1.22. The van der Waals surface area contributed by atoms with Crippen LogP contribution in [0.2, 0.25) is 0 Å². The van der Waals surface area contributed by atoms with Crippen molar-refractivity contribution in [1.82, 2.24) is 19.7 Å². The first-order chi connectivity index (χ1) is 19.3. The summed E-state index contributed by atoms with van der Waals surface area (Å²) < 4.78 is 13.2. The molecule has 40 heavy (non-hydrogen) atoms. The Morgan fingerprint density at radius 1 is 1.05 bits per heavy atom. The maximum atomic E-state index is 13.2. The molecule has 1 fully saturated rings. The van der Waals surface area contributed by atoms with Gasteiger partial charge in [-0.2, -0.15) is 0 Å². The third-order valence-electron chi connectivity index (χ3n) is 6.62. The molecular formula is C30H34FN5O3S. The molecule has 0 saturated carbocycles. The second-order valence-corrected chi connectivity index (χ2v) is 10.8. The molecule has 4 rings (SSSR count). The number of benzene rings is 2. The largest absolute Gasteiger partial charge is 0.340 e. The minimum atomic E-state index is -0.433. The van der Waals surface area contributed by atoms with Gasteiger partial charge in [0.15, 0.2) is 5.13 Å². The van der Waals surface area contributed by atoms with Crippen LogP contribution in [0.15, 0.2) is 66.1 Å². The summed E-state index contributed by atoms with van der Waals surface area (Å²) in [6, 6.07) is 15.2. The van der Waals surface area contributed by atoms with E-state index in [-0.39, 0.29) is 30.8 Å². The number of carbonyl (C=O) groups excluding carboxylic acids is 3. The molecule has 2 aromatic carbocycles. The van der Waals surface area contributed by atoms with Crippen LogP contribution in [0.4, 0.5) is 9.52 Å². The molecule has 1 aliphatic rings. The van der Waals surface area contributed by atoms with E-state index in [1.165, 1.54) is 46.1 Å². The first-order valence-corrected chi connectivity index (χ1v) is 14.2. The highest BCUT2D eigenvalue weighted by Crippen LogP contribution is 2.18. The highest BCUT2D eigenvalue weighted by Gasteiger charge is 2.24. The average Bonchev–Trinajstić information content (AvgIpc) is 3.38. The molecule has 3 aromatic rings. The third-order valence-corrected chi connectivity index (χ3v) is 7.42. The molecule has 0 radical (unpaired) electrons. The van der Waals surface area contributed by atoms with E-state index in [0.717, 1.165) is 19.6 Å². The molecule has 3 amide bonds. The number of hydrogen-bond acceptors (Lipinski definition) is 6. The molecule has 2 heterocycles. The van der Waals surface area contributed by atoms with Crippen LogP contribution < -0.4 is 5.32 Å². The van der Waals surface area contributed by atoms with Gasteiger partial charge in [0.05, 0.1) is 12.1 Å². The lowest BCUT2D eigenvalue weighted by atomic mass is 10.1. The topological polar surface area (TPSA) is 85.8 Å². The number of halogens is 1. The van der Waals surface area contributed by atoms with E-state index in [9.17, 15) is 18.8 Å². The monoisotopic (exact) mass is 563 g/mol. The van der Waals surface area contributed by atoms with E-state index in [4.69, 9.17) is 0 Å². The van der Waals surface area contributed by atoms with Crippen molar-refractivity contribution in [3.8, 4) is 0 Å². The third kappa shape index (κ3) is 8.30. The van der Waals surface area contributed by atoms with Crippen LogP contribution in [-0.4, -0.2) is 82.7 Å². The highest BCUT2D eigenvalue weighted by molar-refractivity contribution is 7.13. The molecule has 1 aromatic heterocycles. The zero-order valence-corrected chi connectivity index (χ0v) is 23.6. The van der Waals surface area contributed by atoms with Crippen LogP contribution >= 0.6 is 11.3 Å². The van der Waals surface area contributed by atoms with Gasteiger partial charge in [-0.1, -0.05) is 42.5 Å². The molecule has 0 bridgehead atoms. The van der Waals surface area contributed by atoms with E-state index < -0.39 is 11.7 Å². The molecule has 1 aliphatic heterocycles. The summed E-state index contributed by atoms with van der Waals surface area (Å²) >= 11 is 1.24. The van der Waals surface area contributed by atoms with Gasteiger partial charge >= 0.3 is 0 Å². The van der Waals surface area contributed by atoms with E-state index in [2.05, 4.69) is 39.5 Å². The van der Waals surface area contributed by atoms with Crippen molar-refractivity contribution in [2.24, 2.45) is 0 Å². The maximum absolute atomic E-state index is 13.2. The standard InChI is InChI=1S/C30H34FN5O3S/c1-22(2)36(29(39)24-10-12-25(31)13-11-24)20-27(37)33-30-32-26(21-40-30)19-28(38)35-17-15-34(16-18-35)14-6-9-23-7-4-3-5-8-23/h3-13,21-22H,14-20H2,1-2H3,(H,32,33,37)/b9-6+. The molecule has 1 N–H and O–H groups in total. The van der Waals surface area contributed by atoms with Crippen molar-refractivity contribution in [1.29, 1.82) is 0 Å². The zero-order valence-electron chi connectivity index (χ0n) is 22.8. The van der Waals surface area contributed by atoms with Crippen molar-refractivity contribution in [3.63, 3.8) is 0 Å². The fraction of sp³-hybridized carbons (Fsp3) is 0.333. The molecular weight excluding hydrogens is 529 g/mol. The van der Waals surface area contributed by atoms with Crippen molar-refractivity contribution >= 4 is 40.3 Å². The van der Waals surface area contributed by atoms with Crippen LogP contribution in [-0.2, 0) is 16.0 Å². The van der Waals surface area contributed by atoms with Gasteiger partial charge in [0, 0.05) is 49.7 Å². The minimum Gasteiger partial charge on any atom is -0.340 e. The normalized spacial score (nSPS) is 14.1. The molecule has 210 valence electrons. The maximum Gasteiger partial charge on any atom is 0.254 e. The van der Waals surface area contributed by atoms with Crippen LogP contribution in [0.3, 0.4) is 0 Å². The molecule has 10 heteroatoms. The van der Waals surface area contributed by atoms with Crippen molar-refractivity contribution in [3.05, 3.63) is 88.7 Å². The Morgan fingerprint density at radius 2 is 1.75 bits per heavy atom. The lowest BCUT2D eigenvalue weighted by molar-refractivity contribution is -0.132. The zero-order chi connectivity index (χ0) is 28.5. The lowest BCUT2D eigenvalue weighted by Crippen LogP contribution is -2.49. The molecule has 8 nitrogen and oxygen atoms in total. The Morgan fingerprint density at radius 3 is 2.42 bits per heavy atom.